The van der Waals surface area contributed by atoms with Crippen molar-refractivity contribution in [3.05, 3.63) is 41.0 Å². The summed E-state index contributed by atoms with van der Waals surface area (Å²) in [6.45, 7) is 3.77. The number of rotatable bonds is 4. The summed E-state index contributed by atoms with van der Waals surface area (Å²) in [5, 5.41) is 14.2. The number of nitrogens with one attached hydrogen (secondary N) is 1. The van der Waals surface area contributed by atoms with E-state index in [4.69, 9.17) is 0 Å². The molecule has 1 aliphatic carbocycles. The summed E-state index contributed by atoms with van der Waals surface area (Å²) in [5.41, 5.74) is 3.38. The second-order valence-corrected chi connectivity index (χ2v) is 8.85. The van der Waals surface area contributed by atoms with Crippen molar-refractivity contribution in [2.45, 2.75) is 38.5 Å². The van der Waals surface area contributed by atoms with Crippen LogP contribution in [-0.2, 0) is 4.79 Å². The SMILES string of the molecule is Cc1ccc2nccc(N3CCCC(C(=O)Nc4nnc(C5CC5)s4)C3)c2c1. The first kappa shape index (κ1) is 17.6. The molecule has 1 saturated carbocycles. The van der Waals surface area contributed by atoms with Crippen LogP contribution < -0.4 is 10.2 Å². The number of piperidine rings is 1. The van der Waals surface area contributed by atoms with Crippen molar-refractivity contribution in [2.24, 2.45) is 5.92 Å². The molecule has 28 heavy (non-hydrogen) atoms. The molecule has 6 nitrogen and oxygen atoms in total. The summed E-state index contributed by atoms with van der Waals surface area (Å²) >= 11 is 1.52. The molecule has 3 aromatic rings. The number of anilines is 2. The Bertz CT molecular complexity index is 1030. The summed E-state index contributed by atoms with van der Waals surface area (Å²) in [6.07, 6.45) is 6.15. The monoisotopic (exact) mass is 393 g/mol. The number of carbonyl (C=O) groups is 1. The third-order valence-electron chi connectivity index (χ3n) is 5.60. The predicted octanol–water partition coefficient (Wildman–Crippen LogP) is 4.13. The minimum absolute atomic E-state index is 0.0463. The fraction of sp³-hybridized carbons (Fsp3) is 0.429. The van der Waals surface area contributed by atoms with Crippen LogP contribution in [0.1, 0.15) is 42.2 Å². The number of pyridine rings is 1. The minimum atomic E-state index is -0.0463. The van der Waals surface area contributed by atoms with Crippen LogP contribution in [0.3, 0.4) is 0 Å². The fourth-order valence-electron chi connectivity index (χ4n) is 3.92. The molecule has 1 saturated heterocycles. The van der Waals surface area contributed by atoms with E-state index in [0.717, 1.165) is 41.0 Å². The Hall–Kier alpha value is -2.54. The van der Waals surface area contributed by atoms with Gasteiger partial charge in [0.15, 0.2) is 0 Å². The second-order valence-electron chi connectivity index (χ2n) is 7.84. The smallest absolute Gasteiger partial charge is 0.231 e. The summed E-state index contributed by atoms with van der Waals surface area (Å²) in [4.78, 5) is 19.7. The zero-order valence-electron chi connectivity index (χ0n) is 15.9. The van der Waals surface area contributed by atoms with E-state index in [9.17, 15) is 4.79 Å². The Labute approximate surface area is 168 Å². The molecular formula is C21H23N5OS. The number of aromatic nitrogens is 3. The lowest BCUT2D eigenvalue weighted by atomic mass is 9.96. The summed E-state index contributed by atoms with van der Waals surface area (Å²) in [6, 6.07) is 8.40. The summed E-state index contributed by atoms with van der Waals surface area (Å²) in [7, 11) is 0. The lowest BCUT2D eigenvalue weighted by Gasteiger charge is -2.34. The van der Waals surface area contributed by atoms with Gasteiger partial charge >= 0.3 is 0 Å². The molecule has 0 spiro atoms. The Morgan fingerprint density at radius 2 is 2.11 bits per heavy atom. The number of hydrogen-bond donors (Lipinski definition) is 1. The maximum Gasteiger partial charge on any atom is 0.231 e. The van der Waals surface area contributed by atoms with Crippen molar-refractivity contribution in [3.63, 3.8) is 0 Å². The molecule has 7 heteroatoms. The van der Waals surface area contributed by atoms with Gasteiger partial charge in [-0.05, 0) is 50.8 Å². The minimum Gasteiger partial charge on any atom is -0.370 e. The molecular weight excluding hydrogens is 370 g/mol. The highest BCUT2D eigenvalue weighted by atomic mass is 32.1. The molecule has 0 radical (unpaired) electrons. The molecule has 1 N–H and O–H groups in total. The van der Waals surface area contributed by atoms with E-state index in [1.54, 1.807) is 0 Å². The fourth-order valence-corrected chi connectivity index (χ4v) is 4.83. The Morgan fingerprint density at radius 1 is 1.21 bits per heavy atom. The van der Waals surface area contributed by atoms with Crippen molar-refractivity contribution >= 4 is 39.0 Å². The first-order valence-corrected chi connectivity index (χ1v) is 10.7. The molecule has 1 unspecified atom stereocenters. The van der Waals surface area contributed by atoms with E-state index in [1.165, 1.54) is 29.7 Å². The van der Waals surface area contributed by atoms with Crippen molar-refractivity contribution < 1.29 is 4.79 Å². The molecule has 2 aliphatic rings. The highest BCUT2D eigenvalue weighted by molar-refractivity contribution is 7.15. The number of benzene rings is 1. The average molecular weight is 394 g/mol. The van der Waals surface area contributed by atoms with E-state index in [2.05, 4.69) is 56.6 Å². The lowest BCUT2D eigenvalue weighted by molar-refractivity contribution is -0.120. The third-order valence-corrected chi connectivity index (χ3v) is 6.61. The standard InChI is InChI=1S/C21H23N5OS/c1-13-4-7-17-16(11-13)18(8-9-22-17)26-10-2-3-15(12-26)19(27)23-21-25-24-20(28-21)14-5-6-14/h4,7-9,11,14-15H,2-3,5-6,10,12H2,1H3,(H,23,25,27). The van der Waals surface area contributed by atoms with Gasteiger partial charge in [0.2, 0.25) is 11.0 Å². The quantitative estimate of drug-likeness (QED) is 0.722. The average Bonchev–Trinajstić information content (AvgIpc) is 3.47. The Kier molecular flexibility index (Phi) is 4.47. The van der Waals surface area contributed by atoms with Gasteiger partial charge in [0, 0.05) is 36.3 Å². The number of carbonyl (C=O) groups excluding carboxylic acids is 1. The summed E-state index contributed by atoms with van der Waals surface area (Å²) in [5.74, 6) is 0.574. The van der Waals surface area contributed by atoms with Crippen LogP contribution in [0.2, 0.25) is 0 Å². The normalized spacial score (nSPS) is 19.8. The van der Waals surface area contributed by atoms with E-state index in [-0.39, 0.29) is 11.8 Å². The molecule has 3 heterocycles. The molecule has 1 aromatic carbocycles. The van der Waals surface area contributed by atoms with Gasteiger partial charge in [-0.2, -0.15) is 0 Å². The number of aryl methyl sites for hydroxylation is 1. The van der Waals surface area contributed by atoms with Gasteiger partial charge in [-0.25, -0.2) is 0 Å². The van der Waals surface area contributed by atoms with Crippen molar-refractivity contribution in [3.8, 4) is 0 Å². The van der Waals surface area contributed by atoms with Gasteiger partial charge in [-0.1, -0.05) is 23.0 Å². The maximum absolute atomic E-state index is 12.8. The van der Waals surface area contributed by atoms with Crippen LogP contribution in [0.15, 0.2) is 30.5 Å². The molecule has 1 atom stereocenters. The van der Waals surface area contributed by atoms with Gasteiger partial charge in [0.1, 0.15) is 5.01 Å². The zero-order chi connectivity index (χ0) is 19.1. The van der Waals surface area contributed by atoms with Crippen LogP contribution in [0.5, 0.6) is 0 Å². The van der Waals surface area contributed by atoms with E-state index in [0.29, 0.717) is 17.6 Å². The van der Waals surface area contributed by atoms with E-state index in [1.807, 2.05) is 6.20 Å². The van der Waals surface area contributed by atoms with Gasteiger partial charge in [0.05, 0.1) is 11.4 Å². The molecule has 1 aliphatic heterocycles. The van der Waals surface area contributed by atoms with Gasteiger partial charge in [0.25, 0.3) is 0 Å². The van der Waals surface area contributed by atoms with E-state index < -0.39 is 0 Å². The van der Waals surface area contributed by atoms with Crippen LogP contribution >= 0.6 is 11.3 Å². The topological polar surface area (TPSA) is 71.0 Å². The highest BCUT2D eigenvalue weighted by Crippen LogP contribution is 2.42. The predicted molar refractivity (Wildman–Crippen MR) is 112 cm³/mol. The number of hydrogen-bond acceptors (Lipinski definition) is 6. The van der Waals surface area contributed by atoms with E-state index >= 15 is 0 Å². The Morgan fingerprint density at radius 3 is 2.96 bits per heavy atom. The van der Waals surface area contributed by atoms with Crippen molar-refractivity contribution in [2.75, 3.05) is 23.3 Å². The zero-order valence-corrected chi connectivity index (χ0v) is 16.7. The first-order valence-electron chi connectivity index (χ1n) is 9.92. The van der Waals surface area contributed by atoms with Gasteiger partial charge < -0.3 is 10.2 Å². The third kappa shape index (κ3) is 3.46. The van der Waals surface area contributed by atoms with Crippen molar-refractivity contribution in [1.82, 2.24) is 15.2 Å². The Balaban J connectivity index is 1.33. The number of amides is 1. The van der Waals surface area contributed by atoms with Gasteiger partial charge in [-0.3, -0.25) is 9.78 Å². The lowest BCUT2D eigenvalue weighted by Crippen LogP contribution is -2.40. The number of nitrogens with zero attached hydrogens (tertiary/aromatic N) is 4. The maximum atomic E-state index is 12.8. The van der Waals surface area contributed by atoms with Crippen LogP contribution in [-0.4, -0.2) is 34.2 Å². The molecule has 2 aromatic heterocycles. The van der Waals surface area contributed by atoms with Crippen molar-refractivity contribution in [1.29, 1.82) is 0 Å². The van der Waals surface area contributed by atoms with Crippen LogP contribution in [0, 0.1) is 12.8 Å². The molecule has 5 rings (SSSR count). The molecule has 2 fully saturated rings. The number of fused-ring (bicyclic) bond motifs is 1. The van der Waals surface area contributed by atoms with Crippen LogP contribution in [0.4, 0.5) is 10.8 Å². The molecule has 0 bridgehead atoms. The second kappa shape index (κ2) is 7.13. The molecule has 144 valence electrons. The first-order chi connectivity index (χ1) is 13.7. The molecule has 1 amide bonds. The highest BCUT2D eigenvalue weighted by Gasteiger charge is 2.30. The van der Waals surface area contributed by atoms with Crippen LogP contribution in [0.25, 0.3) is 10.9 Å². The largest absolute Gasteiger partial charge is 0.370 e. The summed E-state index contributed by atoms with van der Waals surface area (Å²) < 4.78 is 0. The van der Waals surface area contributed by atoms with Gasteiger partial charge in [-0.15, -0.1) is 10.2 Å².